The third-order valence-electron chi connectivity index (χ3n) is 1.49. The van der Waals surface area contributed by atoms with Gasteiger partial charge in [0.25, 0.3) is 0 Å². The fourth-order valence-corrected chi connectivity index (χ4v) is 1.08. The maximum absolute atomic E-state index is 10.8. The number of hydrogen-bond acceptors (Lipinski definition) is 3. The standard InChI is InChI=1S/C6H11O4P/c1-3-5(4-2)6(7)10-11(8)9/h5H,3-4H2,1-2H3/p+1. The molecule has 0 aliphatic carbocycles. The van der Waals surface area contributed by atoms with Gasteiger partial charge in [-0.25, -0.2) is 4.79 Å². The SMILES string of the molecule is CCC(CC)C(=O)O[P+](=O)O. The molecule has 5 heteroatoms. The van der Waals surface area contributed by atoms with Crippen molar-refractivity contribution in [1.82, 2.24) is 0 Å². The molecule has 0 spiro atoms. The van der Waals surface area contributed by atoms with E-state index >= 15 is 0 Å². The van der Waals surface area contributed by atoms with E-state index in [1.807, 2.05) is 13.8 Å². The second-order valence-electron chi connectivity index (χ2n) is 2.16. The van der Waals surface area contributed by atoms with Crippen LogP contribution in [0.2, 0.25) is 0 Å². The van der Waals surface area contributed by atoms with E-state index in [-0.39, 0.29) is 5.92 Å². The minimum Gasteiger partial charge on any atom is -0.246 e. The summed E-state index contributed by atoms with van der Waals surface area (Å²) in [5.41, 5.74) is 0. The van der Waals surface area contributed by atoms with Crippen molar-refractivity contribution in [2.75, 3.05) is 0 Å². The molecule has 11 heavy (non-hydrogen) atoms. The smallest absolute Gasteiger partial charge is 0.246 e. The molecule has 0 saturated carbocycles. The van der Waals surface area contributed by atoms with E-state index in [9.17, 15) is 9.36 Å². The van der Waals surface area contributed by atoms with Crippen LogP contribution < -0.4 is 0 Å². The first kappa shape index (κ1) is 10.5. The highest BCUT2D eigenvalue weighted by Gasteiger charge is 2.26. The highest BCUT2D eigenvalue weighted by atomic mass is 31.1. The predicted molar refractivity (Wildman–Crippen MR) is 40.0 cm³/mol. The molecule has 0 aliphatic rings. The number of rotatable bonds is 4. The van der Waals surface area contributed by atoms with Crippen LogP contribution in [0, 0.1) is 5.92 Å². The third-order valence-corrected chi connectivity index (χ3v) is 1.82. The topological polar surface area (TPSA) is 63.6 Å². The summed E-state index contributed by atoms with van der Waals surface area (Å²) in [5, 5.41) is 0. The van der Waals surface area contributed by atoms with Crippen LogP contribution >= 0.6 is 8.25 Å². The van der Waals surface area contributed by atoms with Crippen LogP contribution in [0.1, 0.15) is 26.7 Å². The van der Waals surface area contributed by atoms with Gasteiger partial charge < -0.3 is 0 Å². The van der Waals surface area contributed by atoms with Gasteiger partial charge in [0.15, 0.2) is 0 Å². The van der Waals surface area contributed by atoms with Crippen LogP contribution in [-0.4, -0.2) is 10.9 Å². The van der Waals surface area contributed by atoms with Crippen LogP contribution in [0.15, 0.2) is 0 Å². The molecule has 0 aromatic carbocycles. The van der Waals surface area contributed by atoms with Gasteiger partial charge >= 0.3 is 14.2 Å². The fourth-order valence-electron chi connectivity index (χ4n) is 0.774. The van der Waals surface area contributed by atoms with Crippen LogP contribution in [0.3, 0.4) is 0 Å². The van der Waals surface area contributed by atoms with Crippen molar-refractivity contribution in [3.63, 3.8) is 0 Å². The molecule has 0 rings (SSSR count). The summed E-state index contributed by atoms with van der Waals surface area (Å²) in [6.45, 7) is 3.67. The fraction of sp³-hybridized carbons (Fsp3) is 0.833. The molecule has 0 heterocycles. The molecule has 0 aromatic rings. The Labute approximate surface area is 66.5 Å². The molecule has 1 unspecified atom stereocenters. The van der Waals surface area contributed by atoms with Crippen molar-refractivity contribution in [3.05, 3.63) is 0 Å². The lowest BCUT2D eigenvalue weighted by atomic mass is 10.0. The average molecular weight is 179 g/mol. The second-order valence-corrected chi connectivity index (χ2v) is 2.82. The molecule has 1 atom stereocenters. The average Bonchev–Trinajstić information content (AvgIpc) is 1.88. The number of hydrogen-bond donors (Lipinski definition) is 1. The molecule has 0 aliphatic heterocycles. The zero-order valence-corrected chi connectivity index (χ0v) is 7.51. The van der Waals surface area contributed by atoms with Crippen LogP contribution in [0.5, 0.6) is 0 Å². The molecule has 0 saturated heterocycles. The van der Waals surface area contributed by atoms with Crippen LogP contribution in [-0.2, 0) is 13.9 Å². The molecule has 0 aromatic heterocycles. The van der Waals surface area contributed by atoms with E-state index in [1.54, 1.807) is 0 Å². The van der Waals surface area contributed by atoms with E-state index in [0.717, 1.165) is 0 Å². The Morgan fingerprint density at radius 2 is 2.00 bits per heavy atom. The molecular weight excluding hydrogens is 167 g/mol. The first-order valence-corrected chi connectivity index (χ1v) is 4.62. The summed E-state index contributed by atoms with van der Waals surface area (Å²) in [7, 11) is -2.78. The van der Waals surface area contributed by atoms with Crippen molar-refractivity contribution >= 4 is 14.2 Å². The second kappa shape index (κ2) is 5.22. The molecule has 0 bridgehead atoms. The summed E-state index contributed by atoms with van der Waals surface area (Å²) in [5.74, 6) is -0.834. The molecule has 0 amide bonds. The Bertz CT molecular complexity index is 153. The first-order chi connectivity index (χ1) is 5.11. The lowest BCUT2D eigenvalue weighted by Crippen LogP contribution is -2.12. The molecule has 1 N–H and O–H groups in total. The lowest BCUT2D eigenvalue weighted by molar-refractivity contribution is -0.139. The van der Waals surface area contributed by atoms with Gasteiger partial charge in [0.2, 0.25) is 0 Å². The van der Waals surface area contributed by atoms with Gasteiger partial charge in [0.1, 0.15) is 0 Å². The summed E-state index contributed by atoms with van der Waals surface area (Å²) >= 11 is 0. The van der Waals surface area contributed by atoms with Crippen molar-refractivity contribution in [3.8, 4) is 0 Å². The van der Waals surface area contributed by atoms with E-state index < -0.39 is 14.2 Å². The van der Waals surface area contributed by atoms with Gasteiger partial charge in [0.05, 0.1) is 5.92 Å². The van der Waals surface area contributed by atoms with Gasteiger partial charge in [-0.15, -0.1) is 4.89 Å². The Hall–Kier alpha value is -0.470. The van der Waals surface area contributed by atoms with Crippen molar-refractivity contribution < 1.29 is 18.8 Å². The van der Waals surface area contributed by atoms with E-state index in [0.29, 0.717) is 12.8 Å². The van der Waals surface area contributed by atoms with E-state index in [1.165, 1.54) is 0 Å². The summed E-state index contributed by atoms with van der Waals surface area (Å²) < 4.78 is 14.2. The number of carbonyl (C=O) groups is 1. The Kier molecular flexibility index (Phi) is 4.99. The van der Waals surface area contributed by atoms with Gasteiger partial charge in [0, 0.05) is 4.57 Å². The van der Waals surface area contributed by atoms with E-state index in [4.69, 9.17) is 4.89 Å². The van der Waals surface area contributed by atoms with Crippen LogP contribution in [0.25, 0.3) is 0 Å². The Morgan fingerprint density at radius 1 is 1.55 bits per heavy atom. The zero-order chi connectivity index (χ0) is 8.85. The van der Waals surface area contributed by atoms with Crippen molar-refractivity contribution in [1.29, 1.82) is 0 Å². The maximum Gasteiger partial charge on any atom is 0.750 e. The van der Waals surface area contributed by atoms with Crippen molar-refractivity contribution in [2.45, 2.75) is 26.7 Å². The first-order valence-electron chi connectivity index (χ1n) is 3.49. The maximum atomic E-state index is 10.8. The van der Waals surface area contributed by atoms with Crippen molar-refractivity contribution in [2.24, 2.45) is 5.92 Å². The summed E-state index contributed by atoms with van der Waals surface area (Å²) in [4.78, 5) is 19.1. The predicted octanol–water partition coefficient (Wildman–Crippen LogP) is 1.62. The highest BCUT2D eigenvalue weighted by molar-refractivity contribution is 7.32. The minimum atomic E-state index is -2.78. The molecule has 4 nitrogen and oxygen atoms in total. The normalized spacial score (nSPS) is 11.5. The third kappa shape index (κ3) is 4.06. The van der Waals surface area contributed by atoms with Gasteiger partial charge in [-0.2, -0.15) is 4.52 Å². The lowest BCUT2D eigenvalue weighted by Gasteiger charge is -2.03. The molecule has 0 fully saturated rings. The summed E-state index contributed by atoms with van der Waals surface area (Å²) in [6, 6.07) is 0. The quantitative estimate of drug-likeness (QED) is 0.666. The minimum absolute atomic E-state index is 0.249. The Balaban J connectivity index is 3.89. The van der Waals surface area contributed by atoms with E-state index in [2.05, 4.69) is 4.52 Å². The molecular formula is C6H12O4P+. The monoisotopic (exact) mass is 179 g/mol. The number of carbonyl (C=O) groups excluding carboxylic acids is 1. The van der Waals surface area contributed by atoms with Gasteiger partial charge in [-0.1, -0.05) is 13.8 Å². The summed E-state index contributed by atoms with van der Waals surface area (Å²) in [6.07, 6.45) is 1.27. The highest BCUT2D eigenvalue weighted by Crippen LogP contribution is 2.20. The molecule has 64 valence electrons. The largest absolute Gasteiger partial charge is 0.750 e. The van der Waals surface area contributed by atoms with Gasteiger partial charge in [-0.05, 0) is 12.8 Å². The molecule has 0 radical (unpaired) electrons. The zero-order valence-electron chi connectivity index (χ0n) is 6.61. The van der Waals surface area contributed by atoms with Gasteiger partial charge in [-0.3, -0.25) is 0 Å². The van der Waals surface area contributed by atoms with Crippen LogP contribution in [0.4, 0.5) is 0 Å². The Morgan fingerprint density at radius 3 is 2.27 bits per heavy atom.